The van der Waals surface area contributed by atoms with Gasteiger partial charge in [-0.15, -0.1) is 24.0 Å². The molecule has 8 heteroatoms. The largest absolute Gasteiger partial charge is 0.369 e. The van der Waals surface area contributed by atoms with Crippen LogP contribution in [0.15, 0.2) is 33.7 Å². The maximum atomic E-state index is 11.8. The van der Waals surface area contributed by atoms with E-state index in [-0.39, 0.29) is 36.4 Å². The van der Waals surface area contributed by atoms with Crippen molar-refractivity contribution < 1.29 is 4.79 Å². The van der Waals surface area contributed by atoms with Gasteiger partial charge in [0.05, 0.1) is 0 Å². The predicted molar refractivity (Wildman–Crippen MR) is 127 cm³/mol. The van der Waals surface area contributed by atoms with E-state index in [0.717, 1.165) is 36.5 Å². The number of amides is 1. The summed E-state index contributed by atoms with van der Waals surface area (Å²) in [6, 6.07) is 8.72. The van der Waals surface area contributed by atoms with Crippen molar-refractivity contribution in [1.29, 1.82) is 0 Å². The molecular formula is C19H31BrIN5O. The summed E-state index contributed by atoms with van der Waals surface area (Å²) in [7, 11) is 3.50. The molecule has 1 amide bonds. The number of carbonyl (C=O) groups is 1. The minimum absolute atomic E-state index is 0. The lowest BCUT2D eigenvalue weighted by molar-refractivity contribution is -0.127. The molecule has 152 valence electrons. The molecule has 1 saturated heterocycles. The van der Waals surface area contributed by atoms with Gasteiger partial charge in [-0.05, 0) is 36.6 Å². The lowest BCUT2D eigenvalue weighted by Crippen LogP contribution is -2.46. The van der Waals surface area contributed by atoms with Crippen LogP contribution < -0.4 is 15.5 Å². The van der Waals surface area contributed by atoms with E-state index in [2.05, 4.69) is 74.6 Å². The predicted octanol–water partition coefficient (Wildman–Crippen LogP) is 2.93. The number of guanidine groups is 1. The summed E-state index contributed by atoms with van der Waals surface area (Å²) in [5.41, 5.74) is 1.23. The Kier molecular flexibility index (Phi) is 10.4. The molecule has 0 spiro atoms. The Morgan fingerprint density at radius 2 is 2.00 bits per heavy atom. The standard InChI is InChI=1S/C19H30BrN5O.HI/c1-14(2)11-21-19(22-12-18(26)24(3)4)23-16-9-10-25(13-16)17-7-5-15(20)6-8-17;/h5-8,14,16H,9-13H2,1-4H3,(H2,21,22,23);1H. The Hall–Kier alpha value is -1.03. The van der Waals surface area contributed by atoms with Crippen molar-refractivity contribution >= 4 is 57.5 Å². The van der Waals surface area contributed by atoms with E-state index in [1.54, 1.807) is 19.0 Å². The molecule has 0 bridgehead atoms. The maximum absolute atomic E-state index is 11.8. The van der Waals surface area contributed by atoms with Crippen LogP contribution in [0.3, 0.4) is 0 Å². The second kappa shape index (κ2) is 11.7. The monoisotopic (exact) mass is 551 g/mol. The fraction of sp³-hybridized carbons (Fsp3) is 0.579. The molecule has 0 saturated carbocycles. The summed E-state index contributed by atoms with van der Waals surface area (Å²) in [5.74, 6) is 1.23. The SMILES string of the molecule is CC(C)CNC(=NCC(=O)N(C)C)NC1CCN(c2ccc(Br)cc2)C1.I. The molecule has 1 aliphatic rings. The van der Waals surface area contributed by atoms with Crippen molar-refractivity contribution in [3.63, 3.8) is 0 Å². The minimum Gasteiger partial charge on any atom is -0.369 e. The number of nitrogens with zero attached hydrogens (tertiary/aromatic N) is 3. The number of hydrogen-bond acceptors (Lipinski definition) is 3. The molecule has 2 rings (SSSR count). The van der Waals surface area contributed by atoms with Gasteiger partial charge < -0.3 is 20.4 Å². The third-order valence-corrected chi connectivity index (χ3v) is 4.80. The topological polar surface area (TPSA) is 60.0 Å². The molecule has 6 nitrogen and oxygen atoms in total. The van der Waals surface area contributed by atoms with Crippen molar-refractivity contribution in [2.45, 2.75) is 26.3 Å². The Labute approximate surface area is 188 Å². The van der Waals surface area contributed by atoms with Crippen molar-refractivity contribution in [2.24, 2.45) is 10.9 Å². The number of halogens is 2. The zero-order valence-electron chi connectivity index (χ0n) is 16.5. The summed E-state index contributed by atoms with van der Waals surface area (Å²) in [6.45, 7) is 7.22. The van der Waals surface area contributed by atoms with Crippen LogP contribution in [0.4, 0.5) is 5.69 Å². The molecule has 1 heterocycles. The number of nitrogens with one attached hydrogen (secondary N) is 2. The lowest BCUT2D eigenvalue weighted by atomic mass is 10.2. The Balaban J connectivity index is 0.00000364. The van der Waals surface area contributed by atoms with Crippen molar-refractivity contribution in [1.82, 2.24) is 15.5 Å². The maximum Gasteiger partial charge on any atom is 0.243 e. The number of likely N-dealkylation sites (N-methyl/N-ethyl adjacent to an activating group) is 1. The molecule has 1 atom stereocenters. The molecule has 0 aromatic heterocycles. The van der Waals surface area contributed by atoms with Gasteiger partial charge in [-0.2, -0.15) is 0 Å². The van der Waals surface area contributed by atoms with Crippen LogP contribution in [0.1, 0.15) is 20.3 Å². The second-order valence-electron chi connectivity index (χ2n) is 7.28. The van der Waals surface area contributed by atoms with Crippen molar-refractivity contribution in [3.8, 4) is 0 Å². The smallest absolute Gasteiger partial charge is 0.243 e. The molecule has 2 N–H and O–H groups in total. The average molecular weight is 552 g/mol. The van der Waals surface area contributed by atoms with Crippen LogP contribution in [0.25, 0.3) is 0 Å². The molecule has 1 unspecified atom stereocenters. The first-order valence-corrected chi connectivity index (χ1v) is 9.90. The van der Waals surface area contributed by atoms with Gasteiger partial charge in [0.2, 0.25) is 5.91 Å². The van der Waals surface area contributed by atoms with E-state index in [0.29, 0.717) is 12.0 Å². The van der Waals surface area contributed by atoms with Crippen LogP contribution in [-0.4, -0.2) is 63.1 Å². The Morgan fingerprint density at radius 1 is 1.33 bits per heavy atom. The zero-order valence-corrected chi connectivity index (χ0v) is 20.5. The molecule has 27 heavy (non-hydrogen) atoms. The fourth-order valence-electron chi connectivity index (χ4n) is 2.70. The van der Waals surface area contributed by atoms with E-state index in [1.165, 1.54) is 5.69 Å². The molecule has 1 aromatic carbocycles. The molecular weight excluding hydrogens is 521 g/mol. The van der Waals surface area contributed by atoms with E-state index in [4.69, 9.17) is 0 Å². The van der Waals surface area contributed by atoms with Crippen molar-refractivity contribution in [2.75, 3.05) is 45.2 Å². The quantitative estimate of drug-likeness (QED) is 0.324. The van der Waals surface area contributed by atoms with Gasteiger partial charge >= 0.3 is 0 Å². The van der Waals surface area contributed by atoms with E-state index >= 15 is 0 Å². The molecule has 1 aromatic rings. The number of anilines is 1. The van der Waals surface area contributed by atoms with Gasteiger partial charge in [0.1, 0.15) is 6.54 Å². The molecule has 0 aliphatic carbocycles. The average Bonchev–Trinajstić information content (AvgIpc) is 3.05. The first-order valence-electron chi connectivity index (χ1n) is 9.10. The summed E-state index contributed by atoms with van der Waals surface area (Å²) in [5, 5.41) is 6.84. The van der Waals surface area contributed by atoms with Gasteiger partial charge in [0.25, 0.3) is 0 Å². The van der Waals surface area contributed by atoms with Crippen LogP contribution in [0.5, 0.6) is 0 Å². The van der Waals surface area contributed by atoms with Gasteiger partial charge in [-0.25, -0.2) is 4.99 Å². The Bertz CT molecular complexity index is 621. The van der Waals surface area contributed by atoms with Gasteiger partial charge in [-0.1, -0.05) is 29.8 Å². The number of rotatable bonds is 6. The number of hydrogen-bond donors (Lipinski definition) is 2. The van der Waals surface area contributed by atoms with Crippen molar-refractivity contribution in [3.05, 3.63) is 28.7 Å². The van der Waals surface area contributed by atoms with E-state index in [9.17, 15) is 4.79 Å². The summed E-state index contributed by atoms with van der Waals surface area (Å²) in [4.78, 5) is 20.2. The first kappa shape index (κ1) is 24.0. The van der Waals surface area contributed by atoms with Crippen LogP contribution >= 0.6 is 39.9 Å². The lowest BCUT2D eigenvalue weighted by Gasteiger charge is -2.21. The third-order valence-electron chi connectivity index (χ3n) is 4.27. The van der Waals surface area contributed by atoms with Gasteiger partial charge in [-0.3, -0.25) is 4.79 Å². The summed E-state index contributed by atoms with van der Waals surface area (Å²) < 4.78 is 1.09. The fourth-order valence-corrected chi connectivity index (χ4v) is 2.96. The van der Waals surface area contributed by atoms with Crippen LogP contribution in [0, 0.1) is 5.92 Å². The highest BCUT2D eigenvalue weighted by atomic mass is 127. The molecule has 1 fully saturated rings. The van der Waals surface area contributed by atoms with Gasteiger partial charge in [0.15, 0.2) is 5.96 Å². The molecule has 0 radical (unpaired) electrons. The first-order chi connectivity index (χ1) is 12.3. The minimum atomic E-state index is -0.00134. The number of benzene rings is 1. The molecule has 1 aliphatic heterocycles. The van der Waals surface area contributed by atoms with Crippen LogP contribution in [0.2, 0.25) is 0 Å². The highest BCUT2D eigenvalue weighted by molar-refractivity contribution is 14.0. The van der Waals surface area contributed by atoms with Gasteiger partial charge in [0, 0.05) is 49.9 Å². The van der Waals surface area contributed by atoms with E-state index < -0.39 is 0 Å². The zero-order chi connectivity index (χ0) is 19.1. The third kappa shape index (κ3) is 8.25. The highest BCUT2D eigenvalue weighted by Gasteiger charge is 2.23. The van der Waals surface area contributed by atoms with Crippen LogP contribution in [-0.2, 0) is 4.79 Å². The number of aliphatic imine (C=N–C) groups is 1. The summed E-state index contributed by atoms with van der Waals surface area (Å²) >= 11 is 3.48. The Morgan fingerprint density at radius 3 is 2.59 bits per heavy atom. The summed E-state index contributed by atoms with van der Waals surface area (Å²) in [6.07, 6.45) is 1.04. The van der Waals surface area contributed by atoms with E-state index in [1.807, 2.05) is 0 Å². The number of carbonyl (C=O) groups excluding carboxylic acids is 1. The highest BCUT2D eigenvalue weighted by Crippen LogP contribution is 2.22. The second-order valence-corrected chi connectivity index (χ2v) is 8.20. The normalized spacial score (nSPS) is 16.9.